The highest BCUT2D eigenvalue weighted by Gasteiger charge is 2.26. The van der Waals surface area contributed by atoms with Gasteiger partial charge < -0.3 is 4.74 Å². The van der Waals surface area contributed by atoms with Crippen LogP contribution < -0.4 is 9.46 Å². The van der Waals surface area contributed by atoms with E-state index in [1.165, 1.54) is 0 Å². The number of nitrogens with zero attached hydrogens (tertiary/aromatic N) is 1. The van der Waals surface area contributed by atoms with E-state index in [0.29, 0.717) is 32.0 Å². The molecule has 0 aliphatic carbocycles. The average Bonchev–Trinajstić information content (AvgIpc) is 2.48. The van der Waals surface area contributed by atoms with Crippen molar-refractivity contribution in [3.63, 3.8) is 0 Å². The number of nitrogens with one attached hydrogen (secondary N) is 1. The van der Waals surface area contributed by atoms with Crippen molar-refractivity contribution in [1.29, 1.82) is 0 Å². The molecule has 1 atom stereocenters. The molecule has 1 aromatic rings. The van der Waals surface area contributed by atoms with Crippen molar-refractivity contribution in [2.24, 2.45) is 5.92 Å². The van der Waals surface area contributed by atoms with E-state index in [0.717, 1.165) is 24.2 Å². The first-order valence-corrected chi connectivity index (χ1v) is 8.83. The summed E-state index contributed by atoms with van der Waals surface area (Å²) in [4.78, 5) is 0. The van der Waals surface area contributed by atoms with Crippen molar-refractivity contribution in [3.8, 4) is 5.75 Å². The van der Waals surface area contributed by atoms with E-state index in [2.05, 4.69) is 11.6 Å². The lowest BCUT2D eigenvalue weighted by atomic mass is 10.0. The Hall–Kier alpha value is -1.11. The third-order valence-electron chi connectivity index (χ3n) is 3.82. The average molecular weight is 312 g/mol. The minimum Gasteiger partial charge on any atom is -0.497 e. The Morgan fingerprint density at radius 2 is 2.05 bits per heavy atom. The summed E-state index contributed by atoms with van der Waals surface area (Å²) in [6.07, 6.45) is 2.73. The highest BCUT2D eigenvalue weighted by molar-refractivity contribution is 7.87. The lowest BCUT2D eigenvalue weighted by molar-refractivity contribution is 0.278. The molecule has 1 saturated heterocycles. The summed E-state index contributed by atoms with van der Waals surface area (Å²) in [5, 5.41) is 0. The Kier molecular flexibility index (Phi) is 5.61. The molecule has 2 rings (SSSR count). The normalized spacial score (nSPS) is 20.4. The summed E-state index contributed by atoms with van der Waals surface area (Å²) < 4.78 is 33.8. The highest BCUT2D eigenvalue weighted by atomic mass is 32.2. The smallest absolute Gasteiger partial charge is 0.279 e. The molecule has 1 unspecified atom stereocenters. The molecule has 5 nitrogen and oxygen atoms in total. The van der Waals surface area contributed by atoms with E-state index >= 15 is 0 Å². The molecular weight excluding hydrogens is 288 g/mol. The summed E-state index contributed by atoms with van der Waals surface area (Å²) in [6, 6.07) is 7.68. The van der Waals surface area contributed by atoms with Crippen LogP contribution in [0.2, 0.25) is 0 Å². The lowest BCUT2D eigenvalue weighted by Gasteiger charge is -2.29. The van der Waals surface area contributed by atoms with Gasteiger partial charge in [-0.1, -0.05) is 19.1 Å². The first kappa shape index (κ1) is 16.3. The number of rotatable bonds is 6. The van der Waals surface area contributed by atoms with Crippen molar-refractivity contribution in [2.45, 2.75) is 26.2 Å². The van der Waals surface area contributed by atoms with Gasteiger partial charge in [0.25, 0.3) is 10.2 Å². The molecule has 1 N–H and O–H groups in total. The fraction of sp³-hybridized carbons (Fsp3) is 0.600. The predicted octanol–water partition coefficient (Wildman–Crippen LogP) is 1.80. The zero-order valence-electron chi connectivity index (χ0n) is 12.7. The summed E-state index contributed by atoms with van der Waals surface area (Å²) in [6.45, 7) is 3.76. The molecule has 1 aliphatic rings. The van der Waals surface area contributed by atoms with Gasteiger partial charge in [-0.15, -0.1) is 0 Å². The van der Waals surface area contributed by atoms with Gasteiger partial charge in [0, 0.05) is 19.6 Å². The van der Waals surface area contributed by atoms with Gasteiger partial charge in [0.1, 0.15) is 5.75 Å². The molecule has 6 heteroatoms. The quantitative estimate of drug-likeness (QED) is 0.871. The molecular formula is C15H24N2O3S. The standard InChI is InChI=1S/C15H24N2O3S/c1-13-4-3-11-17(12-13)21(18,19)16-10-9-14-5-7-15(20-2)8-6-14/h5-8,13,16H,3-4,9-12H2,1-2H3. The molecule has 1 aromatic carbocycles. The van der Waals surface area contributed by atoms with Crippen LogP contribution in [0.4, 0.5) is 0 Å². The van der Waals surface area contributed by atoms with Gasteiger partial charge in [-0.3, -0.25) is 0 Å². The van der Waals surface area contributed by atoms with Crippen molar-refractivity contribution >= 4 is 10.2 Å². The fourth-order valence-corrected chi connectivity index (χ4v) is 3.94. The molecule has 1 heterocycles. The van der Waals surface area contributed by atoms with Crippen molar-refractivity contribution in [1.82, 2.24) is 9.03 Å². The molecule has 21 heavy (non-hydrogen) atoms. The van der Waals surface area contributed by atoms with Crippen molar-refractivity contribution < 1.29 is 13.2 Å². The SMILES string of the molecule is COc1ccc(CCNS(=O)(=O)N2CCCC(C)C2)cc1. The predicted molar refractivity (Wildman–Crippen MR) is 83.6 cm³/mol. The second kappa shape index (κ2) is 7.24. The van der Waals surface area contributed by atoms with Crippen LogP contribution in [0.3, 0.4) is 0 Å². The number of hydrogen-bond acceptors (Lipinski definition) is 3. The Bertz CT molecular complexity index is 543. The number of hydrogen-bond donors (Lipinski definition) is 1. The van der Waals surface area contributed by atoms with E-state index in [-0.39, 0.29) is 0 Å². The van der Waals surface area contributed by atoms with E-state index in [9.17, 15) is 8.42 Å². The Morgan fingerprint density at radius 1 is 1.33 bits per heavy atom. The van der Waals surface area contributed by atoms with Crippen molar-refractivity contribution in [3.05, 3.63) is 29.8 Å². The summed E-state index contributed by atoms with van der Waals surface area (Å²) >= 11 is 0. The van der Waals surface area contributed by atoms with Crippen LogP contribution >= 0.6 is 0 Å². The van der Waals surface area contributed by atoms with Gasteiger partial charge in [-0.05, 0) is 42.9 Å². The van der Waals surface area contributed by atoms with Crippen LogP contribution in [-0.2, 0) is 16.6 Å². The lowest BCUT2D eigenvalue weighted by Crippen LogP contribution is -2.46. The third-order valence-corrected chi connectivity index (χ3v) is 5.40. The monoisotopic (exact) mass is 312 g/mol. The molecule has 0 bridgehead atoms. The van der Waals surface area contributed by atoms with E-state index in [1.54, 1.807) is 11.4 Å². The molecule has 1 aliphatic heterocycles. The van der Waals surface area contributed by atoms with Crippen LogP contribution in [0.1, 0.15) is 25.3 Å². The van der Waals surface area contributed by atoms with Crippen LogP contribution in [0.25, 0.3) is 0 Å². The third kappa shape index (κ3) is 4.69. The van der Waals surface area contributed by atoms with E-state index < -0.39 is 10.2 Å². The molecule has 0 amide bonds. The van der Waals surface area contributed by atoms with Crippen LogP contribution in [0.15, 0.2) is 24.3 Å². The highest BCUT2D eigenvalue weighted by Crippen LogP contribution is 2.17. The first-order valence-electron chi connectivity index (χ1n) is 7.39. The van der Waals surface area contributed by atoms with Gasteiger partial charge in [0.05, 0.1) is 7.11 Å². The van der Waals surface area contributed by atoms with E-state index in [1.807, 2.05) is 24.3 Å². The Labute approximate surface area is 127 Å². The first-order chi connectivity index (χ1) is 10.0. The molecule has 0 radical (unpaired) electrons. The number of piperidine rings is 1. The Balaban J connectivity index is 1.83. The number of ether oxygens (including phenoxy) is 1. The van der Waals surface area contributed by atoms with Gasteiger partial charge in [0.15, 0.2) is 0 Å². The maximum atomic E-state index is 12.2. The maximum absolute atomic E-state index is 12.2. The molecule has 0 spiro atoms. The fourth-order valence-electron chi connectivity index (χ4n) is 2.57. The Morgan fingerprint density at radius 3 is 2.67 bits per heavy atom. The zero-order chi connectivity index (χ0) is 15.3. The number of methoxy groups -OCH3 is 1. The topological polar surface area (TPSA) is 58.6 Å². The van der Waals surface area contributed by atoms with Gasteiger partial charge >= 0.3 is 0 Å². The molecule has 118 valence electrons. The summed E-state index contributed by atoms with van der Waals surface area (Å²) in [5.41, 5.74) is 1.09. The zero-order valence-corrected chi connectivity index (χ0v) is 13.5. The second-order valence-corrected chi connectivity index (χ2v) is 7.36. The van der Waals surface area contributed by atoms with Crippen LogP contribution in [0, 0.1) is 5.92 Å². The van der Waals surface area contributed by atoms with Crippen molar-refractivity contribution in [2.75, 3.05) is 26.7 Å². The minimum atomic E-state index is -3.34. The second-order valence-electron chi connectivity index (χ2n) is 5.60. The molecule has 1 fully saturated rings. The summed E-state index contributed by atoms with van der Waals surface area (Å²) in [7, 11) is -1.71. The minimum absolute atomic E-state index is 0.416. The van der Waals surface area contributed by atoms with E-state index in [4.69, 9.17) is 4.74 Å². The molecule has 0 aromatic heterocycles. The van der Waals surface area contributed by atoms with Crippen LogP contribution in [-0.4, -0.2) is 39.5 Å². The largest absolute Gasteiger partial charge is 0.497 e. The van der Waals surface area contributed by atoms with Gasteiger partial charge in [-0.25, -0.2) is 4.72 Å². The summed E-state index contributed by atoms with van der Waals surface area (Å²) in [5.74, 6) is 1.25. The van der Waals surface area contributed by atoms with Gasteiger partial charge in [0.2, 0.25) is 0 Å². The number of benzene rings is 1. The maximum Gasteiger partial charge on any atom is 0.279 e. The van der Waals surface area contributed by atoms with Gasteiger partial charge in [-0.2, -0.15) is 12.7 Å². The molecule has 0 saturated carbocycles. The van der Waals surface area contributed by atoms with Crippen LogP contribution in [0.5, 0.6) is 5.75 Å².